The molecule has 0 aliphatic heterocycles. The van der Waals surface area contributed by atoms with E-state index < -0.39 is 0 Å². The first kappa shape index (κ1) is 15.3. The smallest absolute Gasteiger partial charge is 0.00844 e. The summed E-state index contributed by atoms with van der Waals surface area (Å²) in [4.78, 5) is 2.58. The molecule has 4 atom stereocenters. The highest BCUT2D eigenvalue weighted by Gasteiger charge is 2.32. The number of nitrogens with zero attached hydrogens (tertiary/aromatic N) is 1. The lowest BCUT2D eigenvalue weighted by atomic mass is 9.72. The minimum atomic E-state index is 0.424. The molecule has 2 heteroatoms. The third-order valence-corrected chi connectivity index (χ3v) is 5.55. The van der Waals surface area contributed by atoms with Crippen LogP contribution in [-0.4, -0.2) is 31.1 Å². The summed E-state index contributed by atoms with van der Waals surface area (Å²) >= 11 is 0. The Balaban J connectivity index is 1.78. The fraction of sp³-hybridized carbons (Fsp3) is 1.00. The summed E-state index contributed by atoms with van der Waals surface area (Å²) in [7, 11) is 2.31. The average Bonchev–Trinajstić information content (AvgIpc) is 2.35. The third kappa shape index (κ3) is 4.46. The van der Waals surface area contributed by atoms with Crippen molar-refractivity contribution in [1.29, 1.82) is 0 Å². The minimum Gasteiger partial charge on any atom is -0.327 e. The van der Waals surface area contributed by atoms with E-state index in [-0.39, 0.29) is 0 Å². The van der Waals surface area contributed by atoms with Gasteiger partial charge in [0.25, 0.3) is 0 Å². The third-order valence-electron chi connectivity index (χ3n) is 5.55. The maximum atomic E-state index is 6.41. The lowest BCUT2D eigenvalue weighted by Gasteiger charge is -2.40. The lowest BCUT2D eigenvalue weighted by Crippen LogP contribution is -2.46. The van der Waals surface area contributed by atoms with Crippen LogP contribution in [-0.2, 0) is 0 Å². The summed E-state index contributed by atoms with van der Waals surface area (Å²) in [5.41, 5.74) is 6.41. The molecule has 2 aliphatic carbocycles. The van der Waals surface area contributed by atoms with Gasteiger partial charge in [-0.2, -0.15) is 0 Å². The zero-order valence-electron chi connectivity index (χ0n) is 13.3. The molecule has 0 bridgehead atoms. The summed E-state index contributed by atoms with van der Waals surface area (Å²) in [6, 6.07) is 0.424. The van der Waals surface area contributed by atoms with Crippen LogP contribution in [0.5, 0.6) is 0 Å². The maximum absolute atomic E-state index is 6.41. The Bertz CT molecular complexity index is 248. The van der Waals surface area contributed by atoms with Gasteiger partial charge in [-0.1, -0.05) is 33.1 Å². The molecule has 19 heavy (non-hydrogen) atoms. The van der Waals surface area contributed by atoms with Gasteiger partial charge >= 0.3 is 0 Å². The second kappa shape index (κ2) is 7.08. The molecule has 2 nitrogen and oxygen atoms in total. The Labute approximate surface area is 120 Å². The Morgan fingerprint density at radius 3 is 2.32 bits per heavy atom. The van der Waals surface area contributed by atoms with Crippen molar-refractivity contribution in [1.82, 2.24) is 4.90 Å². The van der Waals surface area contributed by atoms with Gasteiger partial charge in [-0.15, -0.1) is 0 Å². The molecule has 0 heterocycles. The SMILES string of the molecule is CC1CC(C)C(CN(C)CC2CCCCC2)C(N)C1. The molecule has 4 unspecified atom stereocenters. The Hall–Kier alpha value is -0.0800. The first-order valence-electron chi connectivity index (χ1n) is 8.50. The Morgan fingerprint density at radius 2 is 1.68 bits per heavy atom. The minimum absolute atomic E-state index is 0.424. The van der Waals surface area contributed by atoms with Gasteiger partial charge in [-0.05, 0) is 56.4 Å². The molecule has 0 spiro atoms. The Morgan fingerprint density at radius 1 is 1.00 bits per heavy atom. The quantitative estimate of drug-likeness (QED) is 0.844. The first-order chi connectivity index (χ1) is 9.06. The molecule has 0 amide bonds. The molecule has 0 aromatic carbocycles. The van der Waals surface area contributed by atoms with Crippen molar-refractivity contribution in [2.24, 2.45) is 29.4 Å². The molecular formula is C17H34N2. The molecule has 2 saturated carbocycles. The van der Waals surface area contributed by atoms with Crippen LogP contribution in [0.15, 0.2) is 0 Å². The van der Waals surface area contributed by atoms with E-state index in [4.69, 9.17) is 5.73 Å². The van der Waals surface area contributed by atoms with Crippen molar-refractivity contribution >= 4 is 0 Å². The number of rotatable bonds is 4. The van der Waals surface area contributed by atoms with Crippen LogP contribution in [0.3, 0.4) is 0 Å². The summed E-state index contributed by atoms with van der Waals surface area (Å²) in [6.07, 6.45) is 9.87. The molecule has 0 aromatic rings. The van der Waals surface area contributed by atoms with Gasteiger partial charge in [0.2, 0.25) is 0 Å². The van der Waals surface area contributed by atoms with E-state index in [1.807, 2.05) is 0 Å². The van der Waals surface area contributed by atoms with Gasteiger partial charge in [0, 0.05) is 19.1 Å². The number of nitrogens with two attached hydrogens (primary N) is 1. The van der Waals surface area contributed by atoms with E-state index in [1.165, 1.54) is 58.0 Å². The first-order valence-corrected chi connectivity index (χ1v) is 8.50. The van der Waals surface area contributed by atoms with Crippen molar-refractivity contribution in [3.8, 4) is 0 Å². The lowest BCUT2D eigenvalue weighted by molar-refractivity contribution is 0.117. The second-order valence-electron chi connectivity index (χ2n) is 7.61. The van der Waals surface area contributed by atoms with Gasteiger partial charge in [0.1, 0.15) is 0 Å². The predicted molar refractivity (Wildman–Crippen MR) is 83.1 cm³/mol. The maximum Gasteiger partial charge on any atom is 0.00844 e. The van der Waals surface area contributed by atoms with Crippen LogP contribution in [0.2, 0.25) is 0 Å². The van der Waals surface area contributed by atoms with Gasteiger partial charge in [-0.25, -0.2) is 0 Å². The summed E-state index contributed by atoms with van der Waals surface area (Å²) in [5.74, 6) is 3.29. The van der Waals surface area contributed by atoms with E-state index in [9.17, 15) is 0 Å². The Kier molecular flexibility index (Phi) is 5.70. The molecule has 0 radical (unpaired) electrons. The van der Waals surface area contributed by atoms with Crippen LogP contribution in [0.25, 0.3) is 0 Å². The van der Waals surface area contributed by atoms with E-state index in [0.29, 0.717) is 12.0 Å². The van der Waals surface area contributed by atoms with Crippen molar-refractivity contribution < 1.29 is 0 Å². The van der Waals surface area contributed by atoms with Crippen LogP contribution < -0.4 is 5.73 Å². The highest BCUT2D eigenvalue weighted by molar-refractivity contribution is 4.87. The number of hydrogen-bond donors (Lipinski definition) is 1. The molecule has 2 N–H and O–H groups in total. The molecular weight excluding hydrogens is 232 g/mol. The van der Waals surface area contributed by atoms with Crippen molar-refractivity contribution in [3.05, 3.63) is 0 Å². The standard InChI is InChI=1S/C17H34N2/c1-13-9-14(2)16(17(18)10-13)12-19(3)11-15-7-5-4-6-8-15/h13-17H,4-12,18H2,1-3H3. The van der Waals surface area contributed by atoms with E-state index >= 15 is 0 Å². The van der Waals surface area contributed by atoms with Crippen molar-refractivity contribution in [2.75, 3.05) is 20.1 Å². The van der Waals surface area contributed by atoms with Crippen LogP contribution >= 0.6 is 0 Å². The van der Waals surface area contributed by atoms with E-state index in [0.717, 1.165) is 17.8 Å². The molecule has 2 rings (SSSR count). The zero-order valence-corrected chi connectivity index (χ0v) is 13.3. The van der Waals surface area contributed by atoms with Gasteiger partial charge in [0.05, 0.1) is 0 Å². The average molecular weight is 266 g/mol. The van der Waals surface area contributed by atoms with E-state index in [2.05, 4.69) is 25.8 Å². The normalized spacial score (nSPS) is 37.7. The van der Waals surface area contributed by atoms with Crippen LogP contribution in [0.4, 0.5) is 0 Å². The summed E-state index contributed by atoms with van der Waals surface area (Å²) in [6.45, 7) is 7.28. The molecule has 0 aromatic heterocycles. The highest BCUT2D eigenvalue weighted by Crippen LogP contribution is 2.33. The highest BCUT2D eigenvalue weighted by atomic mass is 15.1. The summed E-state index contributed by atoms with van der Waals surface area (Å²) in [5, 5.41) is 0. The fourth-order valence-electron chi connectivity index (χ4n) is 4.53. The van der Waals surface area contributed by atoms with Crippen LogP contribution in [0, 0.1) is 23.7 Å². The van der Waals surface area contributed by atoms with Gasteiger partial charge in [0.15, 0.2) is 0 Å². The van der Waals surface area contributed by atoms with Crippen LogP contribution in [0.1, 0.15) is 58.8 Å². The molecule has 0 saturated heterocycles. The second-order valence-corrected chi connectivity index (χ2v) is 7.61. The van der Waals surface area contributed by atoms with Crippen molar-refractivity contribution in [3.63, 3.8) is 0 Å². The zero-order chi connectivity index (χ0) is 13.8. The molecule has 112 valence electrons. The number of hydrogen-bond acceptors (Lipinski definition) is 2. The van der Waals surface area contributed by atoms with Gasteiger partial charge < -0.3 is 10.6 Å². The monoisotopic (exact) mass is 266 g/mol. The van der Waals surface area contributed by atoms with Crippen molar-refractivity contribution in [2.45, 2.75) is 64.8 Å². The largest absolute Gasteiger partial charge is 0.327 e. The topological polar surface area (TPSA) is 29.3 Å². The predicted octanol–water partition coefficient (Wildman–Crippen LogP) is 3.51. The van der Waals surface area contributed by atoms with Gasteiger partial charge in [-0.3, -0.25) is 0 Å². The molecule has 2 aliphatic rings. The molecule has 2 fully saturated rings. The van der Waals surface area contributed by atoms with E-state index in [1.54, 1.807) is 0 Å². The fourth-order valence-corrected chi connectivity index (χ4v) is 4.53. The summed E-state index contributed by atoms with van der Waals surface area (Å²) < 4.78 is 0.